The van der Waals surface area contributed by atoms with Gasteiger partial charge in [0.1, 0.15) is 0 Å². The van der Waals surface area contributed by atoms with E-state index < -0.39 is 59.0 Å². The van der Waals surface area contributed by atoms with Gasteiger partial charge < -0.3 is 40.5 Å². The third kappa shape index (κ3) is 5.42. The number of ether oxygens (including phenoxy) is 1. The molecule has 0 radical (unpaired) electrons. The topological polar surface area (TPSA) is 202 Å². The predicted octanol–water partition coefficient (Wildman–Crippen LogP) is 0.577. The first-order valence-corrected chi connectivity index (χ1v) is 8.54. The molecule has 2 aromatic carbocycles. The molecule has 11 heteroatoms. The summed E-state index contributed by atoms with van der Waals surface area (Å²) in [5, 5.41) is 66.9. The standard InChI is InChI=1S/C20H18O11/c21-12-4-1-10(7-14(12)23)3-6-16(25)31-17(18(26)27)20(30,19(28)29)9-11-2-5-13(22)15(24)8-11/h1-8,17,21-24,30H,9H2,(H,26,27)(H,28,29)/b6-3+. The average molecular weight is 434 g/mol. The van der Waals surface area contributed by atoms with E-state index in [1.165, 1.54) is 6.07 Å². The number of carboxylic acids is 2. The van der Waals surface area contributed by atoms with Gasteiger partial charge in [0.05, 0.1) is 0 Å². The molecule has 0 aliphatic heterocycles. The van der Waals surface area contributed by atoms with Crippen molar-refractivity contribution in [2.24, 2.45) is 0 Å². The number of carbonyl (C=O) groups excluding carboxylic acids is 1. The zero-order valence-electron chi connectivity index (χ0n) is 15.7. The van der Waals surface area contributed by atoms with Crippen LogP contribution in [0.15, 0.2) is 42.5 Å². The van der Waals surface area contributed by atoms with Gasteiger partial charge in [0.25, 0.3) is 0 Å². The predicted molar refractivity (Wildman–Crippen MR) is 102 cm³/mol. The number of aromatic hydroxyl groups is 4. The summed E-state index contributed by atoms with van der Waals surface area (Å²) in [6, 6.07) is 6.61. The highest BCUT2D eigenvalue weighted by Crippen LogP contribution is 2.29. The van der Waals surface area contributed by atoms with Gasteiger partial charge in [-0.25, -0.2) is 14.4 Å². The highest BCUT2D eigenvalue weighted by molar-refractivity contribution is 5.93. The molecule has 11 nitrogen and oxygen atoms in total. The van der Waals surface area contributed by atoms with Crippen molar-refractivity contribution in [1.82, 2.24) is 0 Å². The third-order valence-electron chi connectivity index (χ3n) is 4.19. The van der Waals surface area contributed by atoms with Gasteiger partial charge in [-0.1, -0.05) is 12.1 Å². The summed E-state index contributed by atoms with van der Waals surface area (Å²) >= 11 is 0. The summed E-state index contributed by atoms with van der Waals surface area (Å²) in [7, 11) is 0. The number of hydrogen-bond acceptors (Lipinski definition) is 9. The second-order valence-electron chi connectivity index (χ2n) is 6.47. The summed E-state index contributed by atoms with van der Waals surface area (Å²) in [5.74, 6) is -7.30. The Kier molecular flexibility index (Phi) is 6.72. The number of phenolic OH excluding ortho intramolecular Hbond substituents is 4. The van der Waals surface area contributed by atoms with Gasteiger partial charge in [-0.3, -0.25) is 0 Å². The molecule has 0 aromatic heterocycles. The van der Waals surface area contributed by atoms with Crippen molar-refractivity contribution in [3.8, 4) is 23.0 Å². The first-order valence-electron chi connectivity index (χ1n) is 8.54. The monoisotopic (exact) mass is 434 g/mol. The quantitative estimate of drug-likeness (QED) is 0.174. The van der Waals surface area contributed by atoms with Gasteiger partial charge in [-0.05, 0) is 41.5 Å². The lowest BCUT2D eigenvalue weighted by Crippen LogP contribution is -2.56. The highest BCUT2D eigenvalue weighted by Gasteiger charge is 2.51. The zero-order chi connectivity index (χ0) is 23.3. The number of rotatable bonds is 8. The molecule has 0 fully saturated rings. The molecule has 0 spiro atoms. The molecule has 2 unspecified atom stereocenters. The number of benzene rings is 2. The largest absolute Gasteiger partial charge is 0.504 e. The fourth-order valence-electron chi connectivity index (χ4n) is 2.59. The van der Waals surface area contributed by atoms with Crippen LogP contribution < -0.4 is 0 Å². The Labute approximate surface area is 174 Å². The van der Waals surface area contributed by atoms with Crippen LogP contribution in [-0.4, -0.2) is 65.4 Å². The number of esters is 1. The van der Waals surface area contributed by atoms with Crippen LogP contribution in [0, 0.1) is 0 Å². The van der Waals surface area contributed by atoms with Crippen molar-refractivity contribution in [2.45, 2.75) is 18.1 Å². The molecule has 164 valence electrons. The van der Waals surface area contributed by atoms with Crippen molar-refractivity contribution in [3.63, 3.8) is 0 Å². The van der Waals surface area contributed by atoms with E-state index in [0.29, 0.717) is 0 Å². The maximum atomic E-state index is 12.0. The van der Waals surface area contributed by atoms with E-state index in [4.69, 9.17) is 0 Å². The molecule has 0 saturated heterocycles. The molecule has 0 heterocycles. The molecule has 0 aliphatic carbocycles. The number of carboxylic acid groups (broad SMARTS) is 2. The van der Waals surface area contributed by atoms with Gasteiger partial charge in [0.2, 0.25) is 11.7 Å². The Bertz CT molecular complexity index is 1040. The highest BCUT2D eigenvalue weighted by atomic mass is 16.6. The van der Waals surface area contributed by atoms with Gasteiger partial charge >= 0.3 is 17.9 Å². The van der Waals surface area contributed by atoms with Crippen molar-refractivity contribution < 1.29 is 54.9 Å². The van der Waals surface area contributed by atoms with Crippen molar-refractivity contribution in [3.05, 3.63) is 53.6 Å². The number of aliphatic hydroxyl groups is 1. The molecule has 0 aliphatic rings. The van der Waals surface area contributed by atoms with Crippen molar-refractivity contribution >= 4 is 24.0 Å². The maximum absolute atomic E-state index is 12.0. The van der Waals surface area contributed by atoms with Crippen molar-refractivity contribution in [1.29, 1.82) is 0 Å². The van der Waals surface area contributed by atoms with E-state index in [0.717, 1.165) is 42.5 Å². The Morgan fingerprint density at radius 3 is 2.00 bits per heavy atom. The van der Waals surface area contributed by atoms with Crippen LogP contribution >= 0.6 is 0 Å². The maximum Gasteiger partial charge on any atom is 0.348 e. The molecule has 0 saturated carbocycles. The minimum absolute atomic E-state index is 0.0578. The summed E-state index contributed by atoms with van der Waals surface area (Å²) < 4.78 is 4.66. The smallest absolute Gasteiger partial charge is 0.348 e. The molecule has 2 atom stereocenters. The molecule has 2 aromatic rings. The van der Waals surface area contributed by atoms with Crippen LogP contribution in [0.4, 0.5) is 0 Å². The minimum atomic E-state index is -3.12. The molecule has 7 N–H and O–H groups in total. The van der Waals surface area contributed by atoms with Gasteiger partial charge in [-0.15, -0.1) is 0 Å². The number of carbonyl (C=O) groups is 3. The lowest BCUT2D eigenvalue weighted by Gasteiger charge is -2.29. The third-order valence-corrected chi connectivity index (χ3v) is 4.19. The molecule has 31 heavy (non-hydrogen) atoms. The lowest BCUT2D eigenvalue weighted by atomic mass is 9.88. The Morgan fingerprint density at radius 2 is 1.48 bits per heavy atom. The van der Waals surface area contributed by atoms with Crippen LogP contribution in [0.25, 0.3) is 6.08 Å². The molecule has 2 rings (SSSR count). The van der Waals surface area contributed by atoms with Gasteiger partial charge in [0, 0.05) is 12.5 Å². The average Bonchev–Trinajstić information content (AvgIpc) is 2.69. The SMILES string of the molecule is O=C(/C=C/c1ccc(O)c(O)c1)OC(C(=O)O)C(O)(Cc1ccc(O)c(O)c1)C(=O)O. The summed E-state index contributed by atoms with van der Waals surface area (Å²) in [6.45, 7) is 0. The Balaban J connectivity index is 2.27. The van der Waals surface area contributed by atoms with E-state index >= 15 is 0 Å². The van der Waals surface area contributed by atoms with Crippen LogP contribution in [0.1, 0.15) is 11.1 Å². The van der Waals surface area contributed by atoms with E-state index in [2.05, 4.69) is 4.74 Å². The fourth-order valence-corrected chi connectivity index (χ4v) is 2.59. The van der Waals surface area contributed by atoms with Gasteiger partial charge in [0.15, 0.2) is 23.0 Å². The van der Waals surface area contributed by atoms with E-state index in [9.17, 15) is 50.1 Å². The van der Waals surface area contributed by atoms with E-state index in [1.54, 1.807) is 0 Å². The Morgan fingerprint density at radius 1 is 0.903 bits per heavy atom. The zero-order valence-corrected chi connectivity index (χ0v) is 15.7. The normalized spacial score (nSPS) is 14.0. The first-order chi connectivity index (χ1) is 14.4. The number of aliphatic carboxylic acids is 2. The van der Waals surface area contributed by atoms with Crippen molar-refractivity contribution in [2.75, 3.05) is 0 Å². The summed E-state index contributed by atoms with van der Waals surface area (Å²) in [4.78, 5) is 35.3. The van der Waals surface area contributed by atoms with E-state index in [1.807, 2.05) is 0 Å². The molecular weight excluding hydrogens is 416 g/mol. The molecular formula is C20H18O11. The summed E-state index contributed by atoms with van der Waals surface area (Å²) in [5.41, 5.74) is -2.94. The lowest BCUT2D eigenvalue weighted by molar-refractivity contribution is -0.192. The van der Waals surface area contributed by atoms with E-state index in [-0.39, 0.29) is 11.1 Å². The van der Waals surface area contributed by atoms with Crippen LogP contribution in [-0.2, 0) is 25.5 Å². The first kappa shape index (κ1) is 23.0. The molecule has 0 bridgehead atoms. The molecule has 0 amide bonds. The van der Waals surface area contributed by atoms with Crippen LogP contribution in [0.2, 0.25) is 0 Å². The van der Waals surface area contributed by atoms with Crippen LogP contribution in [0.3, 0.4) is 0 Å². The summed E-state index contributed by atoms with van der Waals surface area (Å²) in [6.07, 6.45) is -1.59. The Hall–Kier alpha value is -4.25. The fraction of sp³-hybridized carbons (Fsp3) is 0.150. The van der Waals surface area contributed by atoms with Crippen LogP contribution in [0.5, 0.6) is 23.0 Å². The second-order valence-corrected chi connectivity index (χ2v) is 6.47. The number of hydrogen-bond donors (Lipinski definition) is 7. The van der Waals surface area contributed by atoms with Gasteiger partial charge in [-0.2, -0.15) is 0 Å². The minimum Gasteiger partial charge on any atom is -0.504 e. The second kappa shape index (κ2) is 9.05. The number of phenols is 4.